The van der Waals surface area contributed by atoms with Crippen LogP contribution in [0.1, 0.15) is 55.9 Å². The van der Waals surface area contributed by atoms with E-state index in [9.17, 15) is 0 Å². The number of nitrogens with zero attached hydrogens (tertiary/aromatic N) is 2. The maximum Gasteiger partial charge on any atom is 0.0643 e. The molecular weight excluding hydrogens is 220 g/mol. The van der Waals surface area contributed by atoms with Crippen LogP contribution in [-0.4, -0.2) is 9.78 Å². The van der Waals surface area contributed by atoms with E-state index < -0.39 is 0 Å². The van der Waals surface area contributed by atoms with Gasteiger partial charge in [-0.1, -0.05) is 20.8 Å². The fourth-order valence-corrected chi connectivity index (χ4v) is 2.28. The molecule has 0 saturated carbocycles. The topological polar surface area (TPSA) is 17.8 Å². The van der Waals surface area contributed by atoms with E-state index in [1.54, 1.807) is 0 Å². The highest BCUT2D eigenvalue weighted by atomic mass is 35.5. The highest BCUT2D eigenvalue weighted by Gasteiger charge is 2.17. The quantitative estimate of drug-likeness (QED) is 0.707. The van der Waals surface area contributed by atoms with Gasteiger partial charge < -0.3 is 0 Å². The standard InChI is InChI=1S/C13H23ClN2/c1-6-12(14)13-10(4)15-16(11(13)5)8-7-9(2)3/h9,12H,6-8H2,1-5H3. The lowest BCUT2D eigenvalue weighted by molar-refractivity contribution is 0.478. The molecule has 1 unspecified atom stereocenters. The average molecular weight is 243 g/mol. The first-order valence-electron chi connectivity index (χ1n) is 6.15. The Kier molecular flexibility index (Phi) is 4.85. The Morgan fingerprint density at radius 2 is 1.94 bits per heavy atom. The molecule has 0 radical (unpaired) electrons. The van der Waals surface area contributed by atoms with Crippen molar-refractivity contribution in [1.29, 1.82) is 0 Å². The number of alkyl halides is 1. The van der Waals surface area contributed by atoms with Crippen molar-refractivity contribution in [3.8, 4) is 0 Å². The van der Waals surface area contributed by atoms with Crippen molar-refractivity contribution in [2.75, 3.05) is 0 Å². The smallest absolute Gasteiger partial charge is 0.0643 e. The van der Waals surface area contributed by atoms with Crippen LogP contribution in [0.4, 0.5) is 0 Å². The normalized spacial score (nSPS) is 13.4. The van der Waals surface area contributed by atoms with Gasteiger partial charge in [0.25, 0.3) is 0 Å². The first kappa shape index (κ1) is 13.6. The Balaban J connectivity index is 2.88. The summed E-state index contributed by atoms with van der Waals surface area (Å²) in [5, 5.41) is 4.69. The number of rotatable bonds is 5. The molecule has 1 aromatic rings. The monoisotopic (exact) mass is 242 g/mol. The Morgan fingerprint density at radius 3 is 2.44 bits per heavy atom. The summed E-state index contributed by atoms with van der Waals surface area (Å²) < 4.78 is 2.11. The molecule has 0 aromatic carbocycles. The van der Waals surface area contributed by atoms with Gasteiger partial charge in [-0.15, -0.1) is 11.6 Å². The number of hydrogen-bond donors (Lipinski definition) is 0. The average Bonchev–Trinajstić information content (AvgIpc) is 2.50. The molecule has 1 rings (SSSR count). The molecule has 0 bridgehead atoms. The van der Waals surface area contributed by atoms with Crippen molar-refractivity contribution >= 4 is 11.6 Å². The summed E-state index contributed by atoms with van der Waals surface area (Å²) in [7, 11) is 0. The molecule has 0 spiro atoms. The molecular formula is C13H23ClN2. The van der Waals surface area contributed by atoms with Gasteiger partial charge in [0.15, 0.2) is 0 Å². The van der Waals surface area contributed by atoms with Crippen LogP contribution in [0.3, 0.4) is 0 Å². The molecule has 1 heterocycles. The van der Waals surface area contributed by atoms with Crippen molar-refractivity contribution in [2.45, 2.75) is 59.4 Å². The van der Waals surface area contributed by atoms with Crippen molar-refractivity contribution in [2.24, 2.45) is 5.92 Å². The Labute approximate surface area is 104 Å². The Hall–Kier alpha value is -0.500. The lowest BCUT2D eigenvalue weighted by Crippen LogP contribution is -2.05. The van der Waals surface area contributed by atoms with Gasteiger partial charge >= 0.3 is 0 Å². The third kappa shape index (κ3) is 3.00. The number of halogens is 1. The van der Waals surface area contributed by atoms with Crippen LogP contribution in [0, 0.1) is 19.8 Å². The van der Waals surface area contributed by atoms with Gasteiger partial charge in [0, 0.05) is 17.8 Å². The van der Waals surface area contributed by atoms with Crippen molar-refractivity contribution in [3.05, 3.63) is 17.0 Å². The van der Waals surface area contributed by atoms with Crippen molar-refractivity contribution in [3.63, 3.8) is 0 Å². The number of hydrogen-bond acceptors (Lipinski definition) is 1. The minimum Gasteiger partial charge on any atom is -0.269 e. The van der Waals surface area contributed by atoms with Gasteiger partial charge in [0.2, 0.25) is 0 Å². The Morgan fingerprint density at radius 1 is 1.31 bits per heavy atom. The van der Waals surface area contributed by atoms with E-state index in [4.69, 9.17) is 11.6 Å². The van der Waals surface area contributed by atoms with Gasteiger partial charge in [-0.2, -0.15) is 5.10 Å². The highest BCUT2D eigenvalue weighted by Crippen LogP contribution is 2.29. The van der Waals surface area contributed by atoms with Crippen LogP contribution in [0.25, 0.3) is 0 Å². The zero-order valence-corrected chi connectivity index (χ0v) is 11.8. The molecule has 0 aliphatic heterocycles. The molecule has 1 aromatic heterocycles. The van der Waals surface area contributed by atoms with E-state index in [0.29, 0.717) is 5.92 Å². The van der Waals surface area contributed by atoms with E-state index in [1.165, 1.54) is 17.7 Å². The largest absolute Gasteiger partial charge is 0.269 e. The third-order valence-corrected chi connectivity index (χ3v) is 3.55. The summed E-state index contributed by atoms with van der Waals surface area (Å²) in [5.74, 6) is 0.713. The van der Waals surface area contributed by atoms with Crippen LogP contribution in [0.15, 0.2) is 0 Å². The van der Waals surface area contributed by atoms with Crippen LogP contribution in [-0.2, 0) is 6.54 Å². The fourth-order valence-electron chi connectivity index (χ4n) is 1.97. The SMILES string of the molecule is CCC(Cl)c1c(C)nn(CCC(C)C)c1C. The predicted molar refractivity (Wildman–Crippen MR) is 70.0 cm³/mol. The number of aryl methyl sites for hydroxylation is 2. The molecule has 0 aliphatic rings. The van der Waals surface area contributed by atoms with Gasteiger partial charge in [0.1, 0.15) is 0 Å². The molecule has 92 valence electrons. The summed E-state index contributed by atoms with van der Waals surface area (Å²) >= 11 is 6.32. The zero-order chi connectivity index (χ0) is 12.3. The van der Waals surface area contributed by atoms with E-state index >= 15 is 0 Å². The van der Waals surface area contributed by atoms with E-state index in [1.807, 2.05) is 0 Å². The second-order valence-electron chi connectivity index (χ2n) is 4.87. The van der Waals surface area contributed by atoms with Crippen molar-refractivity contribution < 1.29 is 0 Å². The van der Waals surface area contributed by atoms with Gasteiger partial charge in [-0.05, 0) is 32.6 Å². The molecule has 0 fully saturated rings. The molecule has 0 aliphatic carbocycles. The van der Waals surface area contributed by atoms with E-state index in [2.05, 4.69) is 44.4 Å². The second-order valence-corrected chi connectivity index (χ2v) is 5.39. The molecule has 2 nitrogen and oxygen atoms in total. The van der Waals surface area contributed by atoms with E-state index in [-0.39, 0.29) is 5.38 Å². The lowest BCUT2D eigenvalue weighted by Gasteiger charge is -2.09. The molecule has 3 heteroatoms. The fraction of sp³-hybridized carbons (Fsp3) is 0.769. The van der Waals surface area contributed by atoms with Gasteiger partial charge in [-0.3, -0.25) is 4.68 Å². The minimum absolute atomic E-state index is 0.104. The van der Waals surface area contributed by atoms with Crippen LogP contribution in [0.2, 0.25) is 0 Å². The highest BCUT2D eigenvalue weighted by molar-refractivity contribution is 6.20. The summed E-state index contributed by atoms with van der Waals surface area (Å²) in [5.41, 5.74) is 3.55. The molecule has 1 atom stereocenters. The van der Waals surface area contributed by atoms with Gasteiger partial charge in [-0.25, -0.2) is 0 Å². The zero-order valence-electron chi connectivity index (χ0n) is 11.0. The Bertz CT molecular complexity index is 342. The second kappa shape index (κ2) is 5.72. The van der Waals surface area contributed by atoms with Crippen molar-refractivity contribution in [1.82, 2.24) is 9.78 Å². The third-order valence-electron chi connectivity index (χ3n) is 3.03. The summed E-state index contributed by atoms with van der Waals surface area (Å²) in [6, 6.07) is 0. The molecule has 0 N–H and O–H groups in total. The van der Waals surface area contributed by atoms with E-state index in [0.717, 1.165) is 18.7 Å². The molecule has 0 saturated heterocycles. The first-order valence-corrected chi connectivity index (χ1v) is 6.59. The predicted octanol–water partition coefficient (Wildman–Crippen LogP) is 4.24. The van der Waals surface area contributed by atoms with Crippen LogP contribution in [0.5, 0.6) is 0 Å². The first-order chi connectivity index (χ1) is 7.47. The maximum atomic E-state index is 6.32. The van der Waals surface area contributed by atoms with Gasteiger partial charge in [0.05, 0.1) is 11.1 Å². The lowest BCUT2D eigenvalue weighted by atomic mass is 10.1. The summed E-state index contributed by atoms with van der Waals surface area (Å²) in [6.07, 6.45) is 2.12. The number of aromatic nitrogens is 2. The summed E-state index contributed by atoms with van der Waals surface area (Å²) in [6.45, 7) is 11.8. The minimum atomic E-state index is 0.104. The molecule has 16 heavy (non-hydrogen) atoms. The maximum absolute atomic E-state index is 6.32. The molecule has 0 amide bonds. The van der Waals surface area contributed by atoms with Crippen LogP contribution >= 0.6 is 11.6 Å². The summed E-state index contributed by atoms with van der Waals surface area (Å²) in [4.78, 5) is 0. The van der Waals surface area contributed by atoms with Crippen LogP contribution < -0.4 is 0 Å².